The fraction of sp³-hybridized carbons (Fsp3) is 0.619. The Morgan fingerprint density at radius 1 is 1.33 bits per heavy atom. The van der Waals surface area contributed by atoms with Gasteiger partial charge in [-0.2, -0.15) is 4.39 Å². The molecule has 0 saturated heterocycles. The molecule has 0 bridgehead atoms. The summed E-state index contributed by atoms with van der Waals surface area (Å²) in [6.45, 7) is 4.91. The average Bonchev–Trinajstić information content (AvgIpc) is 3.21. The summed E-state index contributed by atoms with van der Waals surface area (Å²) in [7, 11) is 0. The smallest absolute Gasteiger partial charge is 0.326 e. The number of carbonyl (C=O) groups excluding carboxylic acids is 1. The van der Waals surface area contributed by atoms with Gasteiger partial charge < -0.3 is 20.3 Å². The first-order valence-corrected chi connectivity index (χ1v) is 10.7. The van der Waals surface area contributed by atoms with E-state index in [0.29, 0.717) is 22.0 Å². The van der Waals surface area contributed by atoms with Gasteiger partial charge >= 0.3 is 11.9 Å². The molecule has 0 spiro atoms. The zero-order chi connectivity index (χ0) is 22.7. The predicted octanol–water partition coefficient (Wildman–Crippen LogP) is 4.74. The third kappa shape index (κ3) is 5.07. The van der Waals surface area contributed by atoms with Crippen LogP contribution >= 0.6 is 23.2 Å². The van der Waals surface area contributed by atoms with E-state index >= 15 is 4.39 Å². The minimum Gasteiger partial charge on any atom is -0.480 e. The Balaban J connectivity index is 2.09. The normalized spacial score (nSPS) is 26.0. The lowest BCUT2D eigenvalue weighted by Crippen LogP contribution is -2.60. The van der Waals surface area contributed by atoms with Gasteiger partial charge in [0.1, 0.15) is 0 Å². The predicted molar refractivity (Wildman–Crippen MR) is 112 cm³/mol. The van der Waals surface area contributed by atoms with Gasteiger partial charge in [0.05, 0.1) is 28.7 Å². The minimum atomic E-state index is -2.43. The summed E-state index contributed by atoms with van der Waals surface area (Å²) in [5, 5.41) is 10.5. The SMILES string of the molecule is CCCCCC(=O)O[C@@]1(F)[C@H](C)[C@@H]1[C@](N)(C(=O)O)[C@@H](C)OCc1ccc(Cl)c(Cl)c1. The lowest BCUT2D eigenvalue weighted by molar-refractivity contribution is -0.173. The van der Waals surface area contributed by atoms with Crippen LogP contribution in [0.1, 0.15) is 52.0 Å². The van der Waals surface area contributed by atoms with Crippen molar-refractivity contribution in [3.8, 4) is 0 Å². The van der Waals surface area contributed by atoms with Crippen molar-refractivity contribution in [2.75, 3.05) is 0 Å². The number of ether oxygens (including phenoxy) is 2. The van der Waals surface area contributed by atoms with Crippen LogP contribution in [0, 0.1) is 11.8 Å². The lowest BCUT2D eigenvalue weighted by atomic mass is 9.87. The molecule has 0 amide bonds. The van der Waals surface area contributed by atoms with Crippen molar-refractivity contribution >= 4 is 35.1 Å². The molecule has 1 aromatic rings. The number of rotatable bonds is 11. The van der Waals surface area contributed by atoms with E-state index in [1.165, 1.54) is 13.8 Å². The summed E-state index contributed by atoms with van der Waals surface area (Å²) in [5.74, 6) is -6.66. The topological polar surface area (TPSA) is 98.9 Å². The summed E-state index contributed by atoms with van der Waals surface area (Å²) >= 11 is 11.9. The van der Waals surface area contributed by atoms with Gasteiger partial charge in [-0.15, -0.1) is 0 Å². The van der Waals surface area contributed by atoms with Gasteiger partial charge in [-0.05, 0) is 31.0 Å². The highest BCUT2D eigenvalue weighted by Gasteiger charge is 2.77. The van der Waals surface area contributed by atoms with E-state index in [1.807, 2.05) is 6.92 Å². The molecule has 0 unspecified atom stereocenters. The molecule has 1 aliphatic carbocycles. The van der Waals surface area contributed by atoms with Crippen LogP contribution in [0.5, 0.6) is 0 Å². The van der Waals surface area contributed by atoms with Gasteiger partial charge in [0.25, 0.3) is 5.85 Å². The van der Waals surface area contributed by atoms with Crippen LogP contribution in [0.15, 0.2) is 18.2 Å². The standard InChI is InChI=1S/C21H28Cl2FNO5/c1-4-5-6-7-17(26)30-21(24)12(2)18(21)20(25,19(27)28)13(3)29-11-14-8-9-15(22)16(23)10-14/h8-10,12-13,18H,4-7,11,25H2,1-3H3,(H,27,28)/t12-,13-,18-,20+,21+/m1/s1. The van der Waals surface area contributed by atoms with Crippen LogP contribution in [0.2, 0.25) is 10.0 Å². The van der Waals surface area contributed by atoms with Crippen molar-refractivity contribution in [2.24, 2.45) is 17.6 Å². The quantitative estimate of drug-likeness (QED) is 0.363. The molecule has 1 aromatic carbocycles. The van der Waals surface area contributed by atoms with Gasteiger partial charge in [-0.3, -0.25) is 9.59 Å². The third-order valence-electron chi connectivity index (χ3n) is 5.73. The second-order valence-electron chi connectivity index (χ2n) is 7.84. The lowest BCUT2D eigenvalue weighted by Gasteiger charge is -2.32. The molecule has 0 aromatic heterocycles. The summed E-state index contributed by atoms with van der Waals surface area (Å²) < 4.78 is 26.0. The third-order valence-corrected chi connectivity index (χ3v) is 6.47. The van der Waals surface area contributed by atoms with E-state index in [0.717, 1.165) is 12.8 Å². The molecular formula is C21H28Cl2FNO5. The fourth-order valence-electron chi connectivity index (χ4n) is 3.68. The Bertz CT molecular complexity index is 795. The largest absolute Gasteiger partial charge is 0.480 e. The highest BCUT2D eigenvalue weighted by atomic mass is 35.5. The first-order valence-electron chi connectivity index (χ1n) is 9.97. The fourth-order valence-corrected chi connectivity index (χ4v) is 4.00. The molecule has 30 heavy (non-hydrogen) atoms. The molecule has 0 aliphatic heterocycles. The van der Waals surface area contributed by atoms with Gasteiger partial charge in [0, 0.05) is 12.3 Å². The van der Waals surface area contributed by atoms with Crippen molar-refractivity contribution in [3.05, 3.63) is 33.8 Å². The van der Waals surface area contributed by atoms with E-state index in [1.54, 1.807) is 18.2 Å². The van der Waals surface area contributed by atoms with E-state index in [4.69, 9.17) is 38.4 Å². The number of nitrogens with two attached hydrogens (primary N) is 1. The molecule has 0 heterocycles. The van der Waals surface area contributed by atoms with Crippen molar-refractivity contribution < 1.29 is 28.6 Å². The highest BCUT2D eigenvalue weighted by molar-refractivity contribution is 6.42. The number of benzene rings is 1. The number of hydrogen-bond donors (Lipinski definition) is 2. The Labute approximate surface area is 185 Å². The van der Waals surface area contributed by atoms with Crippen molar-refractivity contribution in [1.29, 1.82) is 0 Å². The van der Waals surface area contributed by atoms with Crippen molar-refractivity contribution in [3.63, 3.8) is 0 Å². The second kappa shape index (κ2) is 9.81. The van der Waals surface area contributed by atoms with Crippen molar-refractivity contribution in [1.82, 2.24) is 0 Å². The number of aliphatic carboxylic acids is 1. The van der Waals surface area contributed by atoms with Crippen LogP contribution in [0.25, 0.3) is 0 Å². The molecule has 9 heteroatoms. The Hall–Kier alpha value is -1.41. The molecule has 1 saturated carbocycles. The number of unbranched alkanes of at least 4 members (excludes halogenated alkanes) is 2. The Kier molecular flexibility index (Phi) is 8.13. The highest BCUT2D eigenvalue weighted by Crippen LogP contribution is 2.60. The van der Waals surface area contributed by atoms with E-state index in [9.17, 15) is 14.7 Å². The number of carbonyl (C=O) groups is 2. The van der Waals surface area contributed by atoms with E-state index in [2.05, 4.69) is 0 Å². The summed E-state index contributed by atoms with van der Waals surface area (Å²) in [6, 6.07) is 4.86. The second-order valence-corrected chi connectivity index (χ2v) is 8.65. The summed E-state index contributed by atoms with van der Waals surface area (Å²) in [4.78, 5) is 24.0. The first-order chi connectivity index (χ1) is 14.0. The number of esters is 1. The van der Waals surface area contributed by atoms with Crippen LogP contribution < -0.4 is 5.73 Å². The van der Waals surface area contributed by atoms with Crippen LogP contribution in [-0.4, -0.2) is 34.5 Å². The van der Waals surface area contributed by atoms with E-state index in [-0.39, 0.29) is 13.0 Å². The maximum absolute atomic E-state index is 15.3. The summed E-state index contributed by atoms with van der Waals surface area (Å²) in [5.41, 5.74) is 4.73. The van der Waals surface area contributed by atoms with Crippen molar-refractivity contribution in [2.45, 2.75) is 70.6 Å². The van der Waals surface area contributed by atoms with Crippen LogP contribution in [0.4, 0.5) is 4.39 Å². The monoisotopic (exact) mass is 463 g/mol. The van der Waals surface area contributed by atoms with Crippen LogP contribution in [0.3, 0.4) is 0 Å². The van der Waals surface area contributed by atoms with Crippen LogP contribution in [-0.2, 0) is 25.7 Å². The number of carboxylic acid groups (broad SMARTS) is 1. The Morgan fingerprint density at radius 3 is 2.57 bits per heavy atom. The van der Waals surface area contributed by atoms with Gasteiger partial charge in [-0.1, -0.05) is 56.0 Å². The zero-order valence-corrected chi connectivity index (χ0v) is 18.8. The number of halogens is 3. The average molecular weight is 464 g/mol. The maximum Gasteiger partial charge on any atom is 0.326 e. The Morgan fingerprint density at radius 2 is 2.00 bits per heavy atom. The first kappa shape index (κ1) is 24.9. The molecule has 0 radical (unpaired) electrons. The van der Waals surface area contributed by atoms with E-state index < -0.39 is 41.3 Å². The van der Waals surface area contributed by atoms with Gasteiger partial charge in [-0.25, -0.2) is 0 Å². The number of alkyl halides is 1. The van der Waals surface area contributed by atoms with Gasteiger partial charge in [0.15, 0.2) is 5.54 Å². The molecule has 6 nitrogen and oxygen atoms in total. The zero-order valence-electron chi connectivity index (χ0n) is 17.3. The number of carboxylic acids is 1. The maximum atomic E-state index is 15.3. The summed E-state index contributed by atoms with van der Waals surface area (Å²) in [6.07, 6.45) is 1.32. The number of hydrogen-bond acceptors (Lipinski definition) is 5. The minimum absolute atomic E-state index is 0.00147. The molecule has 3 N–H and O–H groups in total. The van der Waals surface area contributed by atoms with Gasteiger partial charge in [0.2, 0.25) is 0 Å². The molecular weight excluding hydrogens is 436 g/mol. The molecule has 1 fully saturated rings. The molecule has 168 valence electrons. The molecule has 5 atom stereocenters. The molecule has 2 rings (SSSR count). The molecule has 1 aliphatic rings.